The molecule has 7 heteroatoms. The lowest BCUT2D eigenvalue weighted by Crippen LogP contribution is -2.09. The summed E-state index contributed by atoms with van der Waals surface area (Å²) >= 11 is 20.1. The Kier molecular flexibility index (Phi) is 9.93. The van der Waals surface area contributed by atoms with Crippen LogP contribution in [0.25, 0.3) is 27.8 Å². The number of benzene rings is 5. The zero-order valence-corrected chi connectivity index (χ0v) is 25.4. The molecule has 1 N–H and O–H groups in total. The molecule has 3 nitrogen and oxygen atoms in total. The van der Waals surface area contributed by atoms with E-state index in [1.807, 2.05) is 54.6 Å². The van der Waals surface area contributed by atoms with Crippen molar-refractivity contribution in [2.45, 2.75) is 4.90 Å². The van der Waals surface area contributed by atoms with Crippen LogP contribution in [-0.4, -0.2) is 23.4 Å². The van der Waals surface area contributed by atoms with Crippen molar-refractivity contribution in [3.05, 3.63) is 148 Å². The standard InChI is InChI=1S/C35H25Cl3O3S/c36-29-13-9-25(10-14-29)23-1-5-27(6-2-23)32(28-7-3-24(4-8-28)26-11-15-30(37)16-12-26)19-20-42-31-17-18-34(33(38)21-31)41-22-35(39)40/h1-19,21H,20,22H2,(H,39,40). The molecule has 0 fully saturated rings. The molecule has 0 aromatic heterocycles. The maximum Gasteiger partial charge on any atom is 0.341 e. The van der Waals surface area contributed by atoms with Gasteiger partial charge < -0.3 is 9.84 Å². The monoisotopic (exact) mass is 630 g/mol. The fraction of sp³-hybridized carbons (Fsp3) is 0.0571. The van der Waals surface area contributed by atoms with Gasteiger partial charge in [-0.3, -0.25) is 0 Å². The summed E-state index contributed by atoms with van der Waals surface area (Å²) in [5, 5.41) is 10.7. The molecule has 0 atom stereocenters. The molecule has 5 aromatic carbocycles. The fourth-order valence-electron chi connectivity index (χ4n) is 4.42. The molecule has 42 heavy (non-hydrogen) atoms. The highest BCUT2D eigenvalue weighted by Gasteiger charge is 2.09. The van der Waals surface area contributed by atoms with Gasteiger partial charge in [0.05, 0.1) is 5.02 Å². The molecular weight excluding hydrogens is 607 g/mol. The van der Waals surface area contributed by atoms with Gasteiger partial charge in [-0.15, -0.1) is 11.8 Å². The van der Waals surface area contributed by atoms with Crippen molar-refractivity contribution in [2.24, 2.45) is 0 Å². The highest BCUT2D eigenvalue weighted by atomic mass is 35.5. The molecule has 0 saturated heterocycles. The van der Waals surface area contributed by atoms with Crippen LogP contribution in [0.5, 0.6) is 5.75 Å². The van der Waals surface area contributed by atoms with Crippen molar-refractivity contribution in [3.8, 4) is 28.0 Å². The van der Waals surface area contributed by atoms with Crippen molar-refractivity contribution in [3.63, 3.8) is 0 Å². The molecule has 0 radical (unpaired) electrons. The predicted molar refractivity (Wildman–Crippen MR) is 176 cm³/mol. The van der Waals surface area contributed by atoms with Gasteiger partial charge in [-0.2, -0.15) is 0 Å². The minimum absolute atomic E-state index is 0.348. The van der Waals surface area contributed by atoms with E-state index >= 15 is 0 Å². The summed E-state index contributed by atoms with van der Waals surface area (Å²) in [5.41, 5.74) is 7.74. The third-order valence-corrected chi connectivity index (χ3v) is 8.26. The lowest BCUT2D eigenvalue weighted by molar-refractivity contribution is -0.139. The van der Waals surface area contributed by atoms with Crippen molar-refractivity contribution in [1.29, 1.82) is 0 Å². The van der Waals surface area contributed by atoms with Crippen LogP contribution in [0.2, 0.25) is 15.1 Å². The minimum Gasteiger partial charge on any atom is -0.480 e. The first-order valence-electron chi connectivity index (χ1n) is 13.1. The van der Waals surface area contributed by atoms with Gasteiger partial charge >= 0.3 is 5.97 Å². The Morgan fingerprint density at radius 1 is 0.667 bits per heavy atom. The van der Waals surface area contributed by atoms with Crippen LogP contribution < -0.4 is 4.74 Å². The zero-order valence-electron chi connectivity index (χ0n) is 22.3. The second kappa shape index (κ2) is 14.0. The Hall–Kier alpha value is -3.67. The molecule has 0 amide bonds. The molecule has 0 unspecified atom stereocenters. The van der Waals surface area contributed by atoms with Gasteiger partial charge in [0.1, 0.15) is 5.75 Å². The number of halogens is 3. The van der Waals surface area contributed by atoms with E-state index in [1.165, 1.54) is 0 Å². The zero-order chi connectivity index (χ0) is 29.5. The van der Waals surface area contributed by atoms with Gasteiger partial charge in [-0.05, 0) is 81.4 Å². The van der Waals surface area contributed by atoms with E-state index in [-0.39, 0.29) is 0 Å². The summed E-state index contributed by atoms with van der Waals surface area (Å²) in [6.45, 7) is -0.439. The number of carboxylic acids is 1. The number of carboxylic acid groups (broad SMARTS) is 1. The third-order valence-electron chi connectivity index (χ3n) is 6.54. The maximum absolute atomic E-state index is 10.8. The highest BCUT2D eigenvalue weighted by Crippen LogP contribution is 2.33. The minimum atomic E-state index is -1.05. The van der Waals surface area contributed by atoms with Crippen molar-refractivity contribution in [1.82, 2.24) is 0 Å². The topological polar surface area (TPSA) is 46.5 Å². The van der Waals surface area contributed by atoms with Crippen LogP contribution in [0, 0.1) is 0 Å². The lowest BCUT2D eigenvalue weighted by atomic mass is 9.94. The third kappa shape index (κ3) is 7.78. The second-order valence-corrected chi connectivity index (χ2v) is 11.7. The van der Waals surface area contributed by atoms with E-state index in [0.717, 1.165) is 43.8 Å². The number of aliphatic carboxylic acids is 1. The second-order valence-electron chi connectivity index (χ2n) is 9.37. The summed E-state index contributed by atoms with van der Waals surface area (Å²) in [6.07, 6.45) is 2.21. The van der Waals surface area contributed by atoms with E-state index in [1.54, 1.807) is 23.9 Å². The maximum atomic E-state index is 10.8. The average molecular weight is 632 g/mol. The summed E-state index contributed by atoms with van der Waals surface area (Å²) in [4.78, 5) is 11.8. The van der Waals surface area contributed by atoms with Crippen LogP contribution >= 0.6 is 46.6 Å². The Morgan fingerprint density at radius 2 is 1.12 bits per heavy atom. The Balaban J connectivity index is 1.40. The van der Waals surface area contributed by atoms with E-state index in [4.69, 9.17) is 44.6 Å². The van der Waals surface area contributed by atoms with Crippen LogP contribution in [0.15, 0.2) is 126 Å². The smallest absolute Gasteiger partial charge is 0.341 e. The molecule has 0 saturated carbocycles. The molecule has 210 valence electrons. The van der Waals surface area contributed by atoms with E-state index in [9.17, 15) is 4.79 Å². The van der Waals surface area contributed by atoms with E-state index in [2.05, 4.69) is 54.6 Å². The van der Waals surface area contributed by atoms with Crippen molar-refractivity contribution >= 4 is 58.1 Å². The SMILES string of the molecule is O=C(O)COc1ccc(SCC=C(c2ccc(-c3ccc(Cl)cc3)cc2)c2ccc(-c3ccc(Cl)cc3)cc2)cc1Cl. The summed E-state index contributed by atoms with van der Waals surface area (Å²) in [7, 11) is 0. The number of rotatable bonds is 10. The summed E-state index contributed by atoms with van der Waals surface area (Å²) in [6, 6.07) is 38.1. The van der Waals surface area contributed by atoms with Crippen LogP contribution in [-0.2, 0) is 4.79 Å². The first kappa shape index (κ1) is 29.8. The number of hydrogen-bond acceptors (Lipinski definition) is 3. The van der Waals surface area contributed by atoms with Gasteiger partial charge in [0.2, 0.25) is 0 Å². The molecular formula is C35H25Cl3O3S. The molecule has 0 aliphatic rings. The number of carbonyl (C=O) groups is 1. The highest BCUT2D eigenvalue weighted by molar-refractivity contribution is 7.99. The van der Waals surface area contributed by atoms with Gasteiger partial charge in [0.25, 0.3) is 0 Å². The van der Waals surface area contributed by atoms with Gasteiger partial charge in [0, 0.05) is 20.7 Å². The Labute approximate surface area is 264 Å². The Bertz CT molecular complexity index is 1610. The predicted octanol–water partition coefficient (Wildman–Crippen LogP) is 10.7. The van der Waals surface area contributed by atoms with Gasteiger partial charge in [-0.25, -0.2) is 4.79 Å². The molecule has 0 heterocycles. The van der Waals surface area contributed by atoms with E-state index in [0.29, 0.717) is 26.6 Å². The fourth-order valence-corrected chi connectivity index (χ4v) is 5.78. The quantitative estimate of drug-likeness (QED) is 0.156. The molecule has 0 aliphatic carbocycles. The van der Waals surface area contributed by atoms with Crippen LogP contribution in [0.4, 0.5) is 0 Å². The summed E-state index contributed by atoms with van der Waals surface area (Å²) in [5.74, 6) is -0.00966. The first-order valence-corrected chi connectivity index (χ1v) is 15.2. The molecule has 0 bridgehead atoms. The molecule has 0 spiro atoms. The molecule has 0 aliphatic heterocycles. The van der Waals surface area contributed by atoms with Crippen LogP contribution in [0.1, 0.15) is 11.1 Å². The largest absolute Gasteiger partial charge is 0.480 e. The number of thioether (sulfide) groups is 1. The molecule has 5 rings (SSSR count). The molecule has 5 aromatic rings. The van der Waals surface area contributed by atoms with Gasteiger partial charge in [0.15, 0.2) is 6.61 Å². The van der Waals surface area contributed by atoms with Crippen molar-refractivity contribution < 1.29 is 14.6 Å². The normalized spacial score (nSPS) is 10.7. The van der Waals surface area contributed by atoms with Crippen LogP contribution in [0.3, 0.4) is 0 Å². The van der Waals surface area contributed by atoms with Gasteiger partial charge in [-0.1, -0.05) is 114 Å². The summed E-state index contributed by atoms with van der Waals surface area (Å²) < 4.78 is 5.24. The lowest BCUT2D eigenvalue weighted by Gasteiger charge is -2.12. The van der Waals surface area contributed by atoms with E-state index < -0.39 is 12.6 Å². The number of hydrogen-bond donors (Lipinski definition) is 1. The van der Waals surface area contributed by atoms with Crippen molar-refractivity contribution in [2.75, 3.05) is 12.4 Å². The number of ether oxygens (including phenoxy) is 1. The Morgan fingerprint density at radius 3 is 1.55 bits per heavy atom. The average Bonchev–Trinajstić information content (AvgIpc) is 3.00. The first-order chi connectivity index (χ1) is 20.4.